The zero-order chi connectivity index (χ0) is 18.7. The molecule has 6 heteroatoms. The number of nitrogen functional groups attached to an aromatic ring is 1. The highest BCUT2D eigenvalue weighted by molar-refractivity contribution is 6.14. The Labute approximate surface area is 149 Å². The van der Waals surface area contributed by atoms with Crippen LogP contribution in [0.4, 0.5) is 15.8 Å². The number of benzene rings is 2. The molecule has 0 saturated heterocycles. The van der Waals surface area contributed by atoms with Gasteiger partial charge >= 0.3 is 0 Å². The van der Waals surface area contributed by atoms with Crippen molar-refractivity contribution in [1.29, 1.82) is 5.41 Å². The molecule has 0 aliphatic carbocycles. The first-order valence-electron chi connectivity index (χ1n) is 7.58. The van der Waals surface area contributed by atoms with E-state index in [9.17, 15) is 9.18 Å². The summed E-state index contributed by atoms with van der Waals surface area (Å²) in [5, 5.41) is 10.8. The molecule has 26 heavy (non-hydrogen) atoms. The average Bonchev–Trinajstić information content (AvgIpc) is 3.17. The fourth-order valence-electron chi connectivity index (χ4n) is 2.43. The molecule has 128 valence electrons. The smallest absolute Gasteiger partial charge is 0.258 e. The fraction of sp³-hybridized carbons (Fsp3) is 0. The van der Waals surface area contributed by atoms with Crippen LogP contribution in [0.25, 0.3) is 0 Å². The second-order valence-electron chi connectivity index (χ2n) is 5.45. The van der Waals surface area contributed by atoms with Gasteiger partial charge in [-0.3, -0.25) is 10.2 Å². The Hall–Kier alpha value is -3.85. The summed E-state index contributed by atoms with van der Waals surface area (Å²) >= 11 is 0. The zero-order valence-corrected chi connectivity index (χ0v) is 13.5. The molecule has 1 aromatic heterocycles. The highest BCUT2D eigenvalue weighted by Crippen LogP contribution is 2.22. The average molecular weight is 347 g/mol. The van der Waals surface area contributed by atoms with E-state index in [0.29, 0.717) is 22.5 Å². The van der Waals surface area contributed by atoms with Crippen molar-refractivity contribution in [3.63, 3.8) is 0 Å². The summed E-state index contributed by atoms with van der Waals surface area (Å²) in [6.07, 6.45) is 8.10. The quantitative estimate of drug-likeness (QED) is 0.382. The van der Waals surface area contributed by atoms with E-state index in [1.165, 1.54) is 30.7 Å². The third-order valence-electron chi connectivity index (χ3n) is 3.79. The van der Waals surface area contributed by atoms with Crippen LogP contribution in [-0.4, -0.2) is 11.6 Å². The van der Waals surface area contributed by atoms with Gasteiger partial charge in [-0.1, -0.05) is 12.0 Å². The molecule has 2 aromatic carbocycles. The lowest BCUT2D eigenvalue weighted by molar-refractivity contribution is 0.102. The van der Waals surface area contributed by atoms with Crippen LogP contribution >= 0.6 is 0 Å². The Morgan fingerprint density at radius 2 is 2.04 bits per heavy atom. The van der Waals surface area contributed by atoms with Gasteiger partial charge < -0.3 is 15.5 Å². The predicted octanol–water partition coefficient (Wildman–Crippen LogP) is 3.65. The Morgan fingerprint density at radius 3 is 2.73 bits per heavy atom. The first-order chi connectivity index (χ1) is 12.5. The van der Waals surface area contributed by atoms with Crippen LogP contribution in [0.2, 0.25) is 0 Å². The Morgan fingerprint density at radius 1 is 1.23 bits per heavy atom. The van der Waals surface area contributed by atoms with Crippen molar-refractivity contribution >= 4 is 23.0 Å². The van der Waals surface area contributed by atoms with Gasteiger partial charge in [-0.25, -0.2) is 4.39 Å². The van der Waals surface area contributed by atoms with Gasteiger partial charge in [0.25, 0.3) is 5.91 Å². The summed E-state index contributed by atoms with van der Waals surface area (Å²) in [5.41, 5.74) is 7.64. The molecule has 0 bridgehead atoms. The summed E-state index contributed by atoms with van der Waals surface area (Å²) in [6.45, 7) is 0. The minimum Gasteiger partial charge on any atom is -0.472 e. The van der Waals surface area contributed by atoms with E-state index in [1.54, 1.807) is 24.3 Å². The lowest BCUT2D eigenvalue weighted by Crippen LogP contribution is -2.15. The van der Waals surface area contributed by atoms with Gasteiger partial charge in [-0.15, -0.1) is 6.42 Å². The number of hydrogen-bond acceptors (Lipinski definition) is 4. The van der Waals surface area contributed by atoms with E-state index in [4.69, 9.17) is 22.0 Å². The number of carbonyl (C=O) groups excluding carboxylic acids is 1. The van der Waals surface area contributed by atoms with Crippen LogP contribution in [0.15, 0.2) is 59.4 Å². The molecule has 0 unspecified atom stereocenters. The molecule has 0 saturated carbocycles. The third kappa shape index (κ3) is 3.19. The van der Waals surface area contributed by atoms with Crippen molar-refractivity contribution < 1.29 is 13.6 Å². The van der Waals surface area contributed by atoms with Crippen molar-refractivity contribution in [1.82, 2.24) is 0 Å². The van der Waals surface area contributed by atoms with Gasteiger partial charge in [0.05, 0.1) is 29.4 Å². The number of amides is 1. The Kier molecular flexibility index (Phi) is 4.54. The molecular weight excluding hydrogens is 333 g/mol. The van der Waals surface area contributed by atoms with Crippen LogP contribution in [-0.2, 0) is 0 Å². The van der Waals surface area contributed by atoms with E-state index in [1.807, 2.05) is 0 Å². The van der Waals surface area contributed by atoms with Gasteiger partial charge in [-0.05, 0) is 36.4 Å². The Balaban J connectivity index is 1.90. The summed E-state index contributed by atoms with van der Waals surface area (Å²) in [5.74, 6) is 0.790. The molecule has 0 aliphatic rings. The molecule has 5 nitrogen and oxygen atoms in total. The molecule has 4 N–H and O–H groups in total. The molecule has 0 radical (unpaired) electrons. The summed E-state index contributed by atoms with van der Waals surface area (Å²) in [6, 6.07) is 10.6. The number of furan rings is 1. The number of nitrogens with two attached hydrogens (primary N) is 1. The largest absolute Gasteiger partial charge is 0.472 e. The van der Waals surface area contributed by atoms with Crippen LogP contribution in [0.5, 0.6) is 0 Å². The maximum atomic E-state index is 14.2. The summed E-state index contributed by atoms with van der Waals surface area (Å²) in [4.78, 5) is 12.4. The van der Waals surface area contributed by atoms with Crippen LogP contribution in [0.1, 0.15) is 27.0 Å². The molecule has 1 amide bonds. The minimum absolute atomic E-state index is 0.0115. The first-order valence-corrected chi connectivity index (χ1v) is 7.58. The SMILES string of the molecule is C#Cc1cccc(C(=O)Nc2ccc(N)c(C(=N)c3ccoc3)c2)c1F. The normalized spacial score (nSPS) is 10.2. The van der Waals surface area contributed by atoms with Gasteiger partial charge in [0.15, 0.2) is 5.82 Å². The van der Waals surface area contributed by atoms with Gasteiger partial charge in [0.2, 0.25) is 0 Å². The molecule has 0 aliphatic heterocycles. The molecular formula is C20H14FN3O2. The summed E-state index contributed by atoms with van der Waals surface area (Å²) < 4.78 is 19.2. The molecule has 0 fully saturated rings. The van der Waals surface area contributed by atoms with Crippen LogP contribution in [0.3, 0.4) is 0 Å². The van der Waals surface area contributed by atoms with Crippen molar-refractivity contribution in [2.75, 3.05) is 11.1 Å². The number of hydrogen-bond donors (Lipinski definition) is 3. The second kappa shape index (κ2) is 6.95. The molecule has 3 aromatic rings. The van der Waals surface area contributed by atoms with Crippen molar-refractivity contribution in [3.8, 4) is 12.3 Å². The molecule has 1 heterocycles. The monoisotopic (exact) mass is 347 g/mol. The van der Waals surface area contributed by atoms with Crippen molar-refractivity contribution in [2.45, 2.75) is 0 Å². The highest BCUT2D eigenvalue weighted by atomic mass is 19.1. The van der Waals surface area contributed by atoms with E-state index in [2.05, 4.69) is 11.2 Å². The van der Waals surface area contributed by atoms with Crippen LogP contribution < -0.4 is 11.1 Å². The third-order valence-corrected chi connectivity index (χ3v) is 3.79. The fourth-order valence-corrected chi connectivity index (χ4v) is 2.43. The molecule has 0 atom stereocenters. The van der Waals surface area contributed by atoms with Gasteiger partial charge in [0.1, 0.15) is 0 Å². The highest BCUT2D eigenvalue weighted by Gasteiger charge is 2.16. The zero-order valence-electron chi connectivity index (χ0n) is 13.5. The van der Waals surface area contributed by atoms with Gasteiger partial charge in [0, 0.05) is 22.5 Å². The standard InChI is InChI=1S/C20H14FN3O2/c1-2-12-4-3-5-15(18(12)21)20(25)24-14-6-7-17(22)16(10-14)19(23)13-8-9-26-11-13/h1,3-11,23H,22H2,(H,24,25). The molecule has 3 rings (SSSR count). The van der Waals surface area contributed by atoms with Crippen molar-refractivity contribution in [2.24, 2.45) is 0 Å². The number of terminal acetylenes is 1. The molecule has 0 spiro atoms. The lowest BCUT2D eigenvalue weighted by atomic mass is 10.0. The topological polar surface area (TPSA) is 92.1 Å². The van der Waals surface area contributed by atoms with Crippen LogP contribution in [0, 0.1) is 23.6 Å². The summed E-state index contributed by atoms with van der Waals surface area (Å²) in [7, 11) is 0. The number of halogens is 1. The second-order valence-corrected chi connectivity index (χ2v) is 5.45. The number of anilines is 2. The van der Waals surface area contributed by atoms with E-state index < -0.39 is 11.7 Å². The van der Waals surface area contributed by atoms with E-state index in [0.717, 1.165) is 0 Å². The minimum atomic E-state index is -0.755. The number of carbonyl (C=O) groups is 1. The van der Waals surface area contributed by atoms with E-state index >= 15 is 0 Å². The predicted molar refractivity (Wildman–Crippen MR) is 97.8 cm³/mol. The number of rotatable bonds is 4. The van der Waals surface area contributed by atoms with E-state index in [-0.39, 0.29) is 16.8 Å². The number of nitrogens with one attached hydrogen (secondary N) is 2. The maximum Gasteiger partial charge on any atom is 0.258 e. The van der Waals surface area contributed by atoms with Gasteiger partial charge in [-0.2, -0.15) is 0 Å². The van der Waals surface area contributed by atoms with Crippen molar-refractivity contribution in [3.05, 3.63) is 83.1 Å². The lowest BCUT2D eigenvalue weighted by Gasteiger charge is -2.11. The first kappa shape index (κ1) is 17.0. The maximum absolute atomic E-state index is 14.2. The Bertz CT molecular complexity index is 1030.